The van der Waals surface area contributed by atoms with Gasteiger partial charge in [0.05, 0.1) is 10.6 Å². The van der Waals surface area contributed by atoms with E-state index in [-0.39, 0.29) is 6.04 Å². The average molecular weight is 253 g/mol. The molecule has 1 aromatic rings. The third-order valence-electron chi connectivity index (χ3n) is 3.95. The molecule has 1 aliphatic rings. The standard InChI is InChI=1S/C13H23N3S/c1-4-11-13(17-16-15-11)12(14)10-6-8(2)5-9(3)7-10/h8-10,12H,4-7,14H2,1-3H3. The Morgan fingerprint density at radius 2 is 1.94 bits per heavy atom. The predicted octanol–water partition coefficient (Wildman–Crippen LogP) is 3.17. The van der Waals surface area contributed by atoms with Crippen LogP contribution in [0.4, 0.5) is 0 Å². The number of nitrogens with zero attached hydrogens (tertiary/aromatic N) is 2. The maximum atomic E-state index is 6.45. The minimum atomic E-state index is 0.148. The SMILES string of the molecule is CCc1nnsc1C(N)C1CC(C)CC(C)C1. The van der Waals surface area contributed by atoms with Crippen LogP contribution in [0.15, 0.2) is 0 Å². The molecular formula is C13H23N3S. The van der Waals surface area contributed by atoms with Gasteiger partial charge in [0.1, 0.15) is 0 Å². The third kappa shape index (κ3) is 2.86. The topological polar surface area (TPSA) is 51.8 Å². The van der Waals surface area contributed by atoms with Crippen molar-refractivity contribution in [1.82, 2.24) is 9.59 Å². The van der Waals surface area contributed by atoms with E-state index in [1.54, 1.807) is 0 Å². The summed E-state index contributed by atoms with van der Waals surface area (Å²) in [6.07, 6.45) is 4.81. The van der Waals surface area contributed by atoms with Crippen LogP contribution in [0.1, 0.15) is 56.6 Å². The summed E-state index contributed by atoms with van der Waals surface area (Å²) in [6, 6.07) is 0.148. The zero-order valence-corrected chi connectivity index (χ0v) is 11.8. The average Bonchev–Trinajstić information content (AvgIpc) is 2.74. The third-order valence-corrected chi connectivity index (χ3v) is 4.81. The fraction of sp³-hybridized carbons (Fsp3) is 0.846. The molecule has 1 aliphatic carbocycles. The van der Waals surface area contributed by atoms with Crippen LogP contribution >= 0.6 is 11.5 Å². The molecule has 0 aromatic carbocycles. The maximum Gasteiger partial charge on any atom is 0.0801 e. The van der Waals surface area contributed by atoms with Crippen LogP contribution in [0.5, 0.6) is 0 Å². The summed E-state index contributed by atoms with van der Waals surface area (Å²) < 4.78 is 4.06. The van der Waals surface area contributed by atoms with Gasteiger partial charge in [-0.25, -0.2) is 0 Å². The summed E-state index contributed by atoms with van der Waals surface area (Å²) in [6.45, 7) is 6.82. The van der Waals surface area contributed by atoms with Gasteiger partial charge in [0, 0.05) is 6.04 Å². The van der Waals surface area contributed by atoms with E-state index in [9.17, 15) is 0 Å². The van der Waals surface area contributed by atoms with E-state index in [2.05, 4.69) is 30.4 Å². The summed E-state index contributed by atoms with van der Waals surface area (Å²) in [7, 11) is 0. The van der Waals surface area contributed by atoms with E-state index >= 15 is 0 Å². The Morgan fingerprint density at radius 3 is 2.53 bits per heavy atom. The summed E-state index contributed by atoms with van der Waals surface area (Å²) in [5.74, 6) is 2.22. The van der Waals surface area contributed by atoms with Crippen LogP contribution in [-0.4, -0.2) is 9.59 Å². The van der Waals surface area contributed by atoms with E-state index < -0.39 is 0 Å². The Labute approximate surface area is 108 Å². The molecule has 0 aliphatic heterocycles. The Kier molecular flexibility index (Phi) is 4.15. The lowest BCUT2D eigenvalue weighted by Crippen LogP contribution is -2.29. The highest BCUT2D eigenvalue weighted by molar-refractivity contribution is 7.05. The van der Waals surface area contributed by atoms with Crippen molar-refractivity contribution >= 4 is 11.5 Å². The van der Waals surface area contributed by atoms with Crippen molar-refractivity contribution in [2.75, 3.05) is 0 Å². The fourth-order valence-corrected chi connectivity index (χ4v) is 4.06. The molecule has 17 heavy (non-hydrogen) atoms. The van der Waals surface area contributed by atoms with Gasteiger partial charge in [0.2, 0.25) is 0 Å². The van der Waals surface area contributed by atoms with Gasteiger partial charge in [0.15, 0.2) is 0 Å². The van der Waals surface area contributed by atoms with Gasteiger partial charge in [-0.3, -0.25) is 0 Å². The molecule has 4 heteroatoms. The Balaban J connectivity index is 2.11. The molecule has 1 heterocycles. The summed E-state index contributed by atoms with van der Waals surface area (Å²) in [5.41, 5.74) is 7.55. The van der Waals surface area contributed by atoms with Crippen LogP contribution in [0.2, 0.25) is 0 Å². The van der Waals surface area contributed by atoms with Crippen LogP contribution in [0.3, 0.4) is 0 Å². The maximum absolute atomic E-state index is 6.45. The Morgan fingerprint density at radius 1 is 1.29 bits per heavy atom. The zero-order valence-electron chi connectivity index (χ0n) is 11.0. The van der Waals surface area contributed by atoms with Gasteiger partial charge in [0.25, 0.3) is 0 Å². The van der Waals surface area contributed by atoms with E-state index in [0.29, 0.717) is 5.92 Å². The molecule has 96 valence electrons. The van der Waals surface area contributed by atoms with Gasteiger partial charge in [-0.05, 0) is 55.0 Å². The number of aryl methyl sites for hydroxylation is 1. The second kappa shape index (κ2) is 5.44. The van der Waals surface area contributed by atoms with Crippen molar-refractivity contribution in [2.24, 2.45) is 23.5 Å². The number of aromatic nitrogens is 2. The minimum Gasteiger partial charge on any atom is -0.323 e. The van der Waals surface area contributed by atoms with Crippen molar-refractivity contribution in [2.45, 2.75) is 52.5 Å². The van der Waals surface area contributed by atoms with Crippen molar-refractivity contribution in [3.8, 4) is 0 Å². The summed E-state index contributed by atoms with van der Waals surface area (Å²) in [5, 5.41) is 4.18. The molecule has 0 radical (unpaired) electrons. The van der Waals surface area contributed by atoms with Gasteiger partial charge in [-0.1, -0.05) is 25.3 Å². The molecule has 0 amide bonds. The fourth-order valence-electron chi connectivity index (χ4n) is 3.23. The first-order valence-corrected chi connectivity index (χ1v) is 7.45. The molecule has 2 N–H and O–H groups in total. The highest BCUT2D eigenvalue weighted by atomic mass is 32.1. The lowest BCUT2D eigenvalue weighted by Gasteiger charge is -2.34. The van der Waals surface area contributed by atoms with E-state index in [1.165, 1.54) is 35.7 Å². The minimum absolute atomic E-state index is 0.148. The lowest BCUT2D eigenvalue weighted by molar-refractivity contribution is 0.194. The van der Waals surface area contributed by atoms with Crippen LogP contribution < -0.4 is 5.73 Å². The van der Waals surface area contributed by atoms with Gasteiger partial charge in [-0.15, -0.1) is 5.10 Å². The van der Waals surface area contributed by atoms with Gasteiger partial charge >= 0.3 is 0 Å². The highest BCUT2D eigenvalue weighted by Gasteiger charge is 2.30. The summed E-state index contributed by atoms with van der Waals surface area (Å²) in [4.78, 5) is 1.22. The summed E-state index contributed by atoms with van der Waals surface area (Å²) >= 11 is 1.49. The number of hydrogen-bond donors (Lipinski definition) is 1. The lowest BCUT2D eigenvalue weighted by atomic mass is 9.73. The van der Waals surface area contributed by atoms with Gasteiger partial charge in [-0.2, -0.15) is 0 Å². The highest BCUT2D eigenvalue weighted by Crippen LogP contribution is 2.40. The largest absolute Gasteiger partial charge is 0.323 e. The number of nitrogens with two attached hydrogens (primary N) is 1. The quantitative estimate of drug-likeness (QED) is 0.900. The zero-order chi connectivity index (χ0) is 12.4. The molecule has 1 fully saturated rings. The molecule has 0 saturated heterocycles. The van der Waals surface area contributed by atoms with E-state index in [4.69, 9.17) is 5.73 Å². The second-order valence-electron chi connectivity index (χ2n) is 5.64. The number of rotatable bonds is 3. The van der Waals surface area contributed by atoms with Gasteiger partial charge < -0.3 is 5.73 Å². The van der Waals surface area contributed by atoms with Crippen LogP contribution in [0.25, 0.3) is 0 Å². The number of hydrogen-bond acceptors (Lipinski definition) is 4. The molecule has 3 atom stereocenters. The normalized spacial score (nSPS) is 31.4. The smallest absolute Gasteiger partial charge is 0.0801 e. The molecule has 0 spiro atoms. The first-order valence-electron chi connectivity index (χ1n) is 6.68. The van der Waals surface area contributed by atoms with Crippen LogP contribution in [0, 0.1) is 17.8 Å². The first-order chi connectivity index (χ1) is 8.11. The molecule has 1 aromatic heterocycles. The first kappa shape index (κ1) is 13.0. The molecule has 3 unspecified atom stereocenters. The Bertz CT molecular complexity index is 353. The van der Waals surface area contributed by atoms with E-state index in [1.807, 2.05) is 0 Å². The second-order valence-corrected chi connectivity index (χ2v) is 6.43. The molecular weight excluding hydrogens is 230 g/mol. The predicted molar refractivity (Wildman–Crippen MR) is 71.9 cm³/mol. The monoisotopic (exact) mass is 253 g/mol. The Hall–Kier alpha value is -0.480. The van der Waals surface area contributed by atoms with Crippen LogP contribution in [-0.2, 0) is 6.42 Å². The molecule has 0 bridgehead atoms. The van der Waals surface area contributed by atoms with E-state index in [0.717, 1.165) is 24.0 Å². The van der Waals surface area contributed by atoms with Crippen molar-refractivity contribution in [1.29, 1.82) is 0 Å². The van der Waals surface area contributed by atoms with Crippen molar-refractivity contribution in [3.63, 3.8) is 0 Å². The molecule has 1 saturated carbocycles. The van der Waals surface area contributed by atoms with Crippen molar-refractivity contribution < 1.29 is 0 Å². The molecule has 2 rings (SSSR count). The molecule has 3 nitrogen and oxygen atoms in total. The van der Waals surface area contributed by atoms with Crippen molar-refractivity contribution in [3.05, 3.63) is 10.6 Å².